The predicted molar refractivity (Wildman–Crippen MR) is 102 cm³/mol. The van der Waals surface area contributed by atoms with Crippen molar-refractivity contribution in [3.05, 3.63) is 88.5 Å². The second kappa shape index (κ2) is 7.71. The van der Waals surface area contributed by atoms with E-state index in [0.717, 1.165) is 9.79 Å². The van der Waals surface area contributed by atoms with Crippen molar-refractivity contribution in [1.82, 2.24) is 0 Å². The highest BCUT2D eigenvalue weighted by Gasteiger charge is 2.13. The van der Waals surface area contributed by atoms with Crippen molar-refractivity contribution >= 4 is 34.7 Å². The van der Waals surface area contributed by atoms with Crippen LogP contribution in [0.3, 0.4) is 0 Å². The lowest BCUT2D eigenvalue weighted by Gasteiger charge is -2.10. The minimum atomic E-state index is -0.442. The molecule has 0 bridgehead atoms. The number of nitrogens with zero attached hydrogens (tertiary/aromatic N) is 1. The van der Waals surface area contributed by atoms with E-state index in [9.17, 15) is 14.9 Å². The molecule has 26 heavy (non-hydrogen) atoms. The van der Waals surface area contributed by atoms with Gasteiger partial charge in [0.1, 0.15) is 0 Å². The van der Waals surface area contributed by atoms with E-state index in [1.165, 1.54) is 23.9 Å². The number of nitrogens with one attached hydrogen (secondary N) is 1. The highest BCUT2D eigenvalue weighted by atomic mass is 32.2. The van der Waals surface area contributed by atoms with Crippen LogP contribution in [0.1, 0.15) is 10.4 Å². The molecule has 0 unspecified atom stereocenters. The van der Waals surface area contributed by atoms with Crippen LogP contribution < -0.4 is 11.1 Å². The van der Waals surface area contributed by atoms with Crippen LogP contribution >= 0.6 is 11.8 Å². The quantitative estimate of drug-likeness (QED) is 0.392. The molecule has 3 N–H and O–H groups in total. The third kappa shape index (κ3) is 4.20. The number of nitro benzene ring substituents is 1. The average molecular weight is 365 g/mol. The van der Waals surface area contributed by atoms with Crippen molar-refractivity contribution in [2.45, 2.75) is 9.79 Å². The molecule has 3 aromatic carbocycles. The molecule has 0 spiro atoms. The highest BCUT2D eigenvalue weighted by Crippen LogP contribution is 2.32. The fourth-order valence-electron chi connectivity index (χ4n) is 2.27. The van der Waals surface area contributed by atoms with E-state index in [1.807, 2.05) is 12.1 Å². The Balaban J connectivity index is 1.80. The molecule has 0 aliphatic carbocycles. The molecule has 0 saturated heterocycles. The van der Waals surface area contributed by atoms with Gasteiger partial charge in [0.2, 0.25) is 0 Å². The van der Waals surface area contributed by atoms with Crippen LogP contribution in [-0.4, -0.2) is 10.8 Å². The van der Waals surface area contributed by atoms with Gasteiger partial charge >= 0.3 is 0 Å². The van der Waals surface area contributed by atoms with E-state index < -0.39 is 4.92 Å². The monoisotopic (exact) mass is 365 g/mol. The first-order chi connectivity index (χ1) is 12.5. The molecule has 0 aliphatic heterocycles. The molecule has 0 aromatic heterocycles. The molecule has 0 radical (unpaired) electrons. The summed E-state index contributed by atoms with van der Waals surface area (Å²) in [4.78, 5) is 24.5. The summed E-state index contributed by atoms with van der Waals surface area (Å²) in [5, 5.41) is 13.6. The van der Waals surface area contributed by atoms with Gasteiger partial charge in [-0.15, -0.1) is 0 Å². The third-order valence-corrected chi connectivity index (χ3v) is 4.66. The minimum absolute atomic E-state index is 0.0312. The van der Waals surface area contributed by atoms with Gasteiger partial charge in [0.25, 0.3) is 11.6 Å². The van der Waals surface area contributed by atoms with E-state index in [0.29, 0.717) is 16.9 Å². The summed E-state index contributed by atoms with van der Waals surface area (Å²) in [6, 6.07) is 20.3. The minimum Gasteiger partial charge on any atom is -0.399 e. The predicted octanol–water partition coefficient (Wildman–Crippen LogP) is 4.58. The zero-order chi connectivity index (χ0) is 18.5. The highest BCUT2D eigenvalue weighted by molar-refractivity contribution is 7.99. The number of anilines is 2. The number of carbonyl (C=O) groups excluding carboxylic acids is 1. The van der Waals surface area contributed by atoms with E-state index in [-0.39, 0.29) is 11.6 Å². The molecule has 1 amide bonds. The van der Waals surface area contributed by atoms with Gasteiger partial charge in [0.15, 0.2) is 0 Å². The number of nitrogens with two attached hydrogens (primary N) is 1. The molecule has 3 rings (SSSR count). The molecule has 0 atom stereocenters. The van der Waals surface area contributed by atoms with E-state index in [1.54, 1.807) is 48.5 Å². The molecule has 7 heteroatoms. The second-order valence-corrected chi connectivity index (χ2v) is 6.54. The lowest BCUT2D eigenvalue weighted by Crippen LogP contribution is -2.12. The molecule has 0 fully saturated rings. The fraction of sp³-hybridized carbons (Fsp3) is 0. The molecule has 6 nitrogen and oxygen atoms in total. The second-order valence-electron chi connectivity index (χ2n) is 5.43. The average Bonchev–Trinajstić information content (AvgIpc) is 2.64. The van der Waals surface area contributed by atoms with Crippen LogP contribution in [0, 0.1) is 10.1 Å². The van der Waals surface area contributed by atoms with Crippen LogP contribution in [-0.2, 0) is 0 Å². The Kier molecular flexibility index (Phi) is 5.19. The van der Waals surface area contributed by atoms with Crippen molar-refractivity contribution in [1.29, 1.82) is 0 Å². The summed E-state index contributed by atoms with van der Waals surface area (Å²) in [7, 11) is 0. The van der Waals surface area contributed by atoms with Gasteiger partial charge in [-0.3, -0.25) is 14.9 Å². The zero-order valence-electron chi connectivity index (χ0n) is 13.6. The van der Waals surface area contributed by atoms with Gasteiger partial charge in [-0.2, -0.15) is 0 Å². The molecule has 3 aromatic rings. The smallest absolute Gasteiger partial charge is 0.269 e. The Morgan fingerprint density at radius 1 is 0.962 bits per heavy atom. The van der Waals surface area contributed by atoms with Crippen molar-refractivity contribution in [2.24, 2.45) is 0 Å². The maximum Gasteiger partial charge on any atom is 0.269 e. The first kappa shape index (κ1) is 17.5. The van der Waals surface area contributed by atoms with Crippen LogP contribution in [0.25, 0.3) is 0 Å². The lowest BCUT2D eigenvalue weighted by atomic mass is 10.2. The summed E-state index contributed by atoms with van der Waals surface area (Å²) >= 11 is 1.37. The third-order valence-electron chi connectivity index (χ3n) is 3.58. The molecule has 0 aliphatic rings. The first-order valence-corrected chi connectivity index (χ1v) is 8.53. The summed E-state index contributed by atoms with van der Waals surface area (Å²) in [6.07, 6.45) is 0. The maximum absolute atomic E-state index is 12.6. The van der Waals surface area contributed by atoms with Gasteiger partial charge in [-0.05, 0) is 48.5 Å². The van der Waals surface area contributed by atoms with E-state index >= 15 is 0 Å². The fourth-order valence-corrected chi connectivity index (χ4v) is 3.21. The maximum atomic E-state index is 12.6. The molecular weight excluding hydrogens is 350 g/mol. The zero-order valence-corrected chi connectivity index (χ0v) is 14.4. The Morgan fingerprint density at radius 3 is 2.27 bits per heavy atom. The van der Waals surface area contributed by atoms with Gasteiger partial charge in [-0.25, -0.2) is 0 Å². The van der Waals surface area contributed by atoms with Crippen LogP contribution in [0.15, 0.2) is 82.6 Å². The summed E-state index contributed by atoms with van der Waals surface area (Å²) in [5.41, 5.74) is 7.48. The first-order valence-electron chi connectivity index (χ1n) is 7.71. The molecule has 0 saturated carbocycles. The number of hydrogen-bond donors (Lipinski definition) is 2. The standard InChI is InChI=1S/C19H15N3O3S/c20-13-5-7-14(8-6-13)21-19(23)17-3-1-2-4-18(17)26-16-11-9-15(10-12-16)22(24)25/h1-12H,20H2,(H,21,23). The number of nitro groups is 1. The molecule has 130 valence electrons. The largest absolute Gasteiger partial charge is 0.399 e. The van der Waals surface area contributed by atoms with Crippen molar-refractivity contribution in [3.63, 3.8) is 0 Å². The number of benzene rings is 3. The number of hydrogen-bond acceptors (Lipinski definition) is 5. The summed E-state index contributed by atoms with van der Waals surface area (Å²) in [6.45, 7) is 0. The van der Waals surface area contributed by atoms with Crippen LogP contribution in [0.5, 0.6) is 0 Å². The molecule has 0 heterocycles. The van der Waals surface area contributed by atoms with Crippen molar-refractivity contribution in [2.75, 3.05) is 11.1 Å². The Morgan fingerprint density at radius 2 is 1.62 bits per heavy atom. The number of carbonyl (C=O) groups is 1. The van der Waals surface area contributed by atoms with Crippen molar-refractivity contribution in [3.8, 4) is 0 Å². The van der Waals surface area contributed by atoms with E-state index in [2.05, 4.69) is 5.32 Å². The Hall–Kier alpha value is -3.32. The molecular formula is C19H15N3O3S. The van der Waals surface area contributed by atoms with Crippen LogP contribution in [0.2, 0.25) is 0 Å². The Bertz CT molecular complexity index is 941. The normalized spacial score (nSPS) is 10.3. The topological polar surface area (TPSA) is 98.3 Å². The number of nitrogen functional groups attached to an aromatic ring is 1. The van der Waals surface area contributed by atoms with Gasteiger partial charge in [0, 0.05) is 33.3 Å². The summed E-state index contributed by atoms with van der Waals surface area (Å²) < 4.78 is 0. The number of rotatable bonds is 5. The number of non-ortho nitro benzene ring substituents is 1. The Labute approximate surface area is 154 Å². The number of amides is 1. The lowest BCUT2D eigenvalue weighted by molar-refractivity contribution is -0.384. The van der Waals surface area contributed by atoms with E-state index in [4.69, 9.17) is 5.73 Å². The van der Waals surface area contributed by atoms with Crippen molar-refractivity contribution < 1.29 is 9.72 Å². The van der Waals surface area contributed by atoms with Gasteiger partial charge < -0.3 is 11.1 Å². The van der Waals surface area contributed by atoms with Crippen LogP contribution in [0.4, 0.5) is 17.1 Å². The van der Waals surface area contributed by atoms with Gasteiger partial charge in [0.05, 0.1) is 10.5 Å². The SMILES string of the molecule is Nc1ccc(NC(=O)c2ccccc2Sc2ccc([N+](=O)[O-])cc2)cc1. The summed E-state index contributed by atoms with van der Waals surface area (Å²) in [5.74, 6) is -0.236. The van der Waals surface area contributed by atoms with Gasteiger partial charge in [-0.1, -0.05) is 23.9 Å².